The number of halogens is 1. The van der Waals surface area contributed by atoms with E-state index in [1.54, 1.807) is 10.7 Å². The zero-order chi connectivity index (χ0) is 16.5. The number of nitrogens with zero attached hydrogens (tertiary/aromatic N) is 3. The average Bonchev–Trinajstić information content (AvgIpc) is 3.21. The molecule has 4 N–H and O–H groups in total. The van der Waals surface area contributed by atoms with Crippen LogP contribution in [-0.4, -0.2) is 37.9 Å². The zero-order valence-corrected chi connectivity index (χ0v) is 14.3. The zero-order valence-electron chi connectivity index (χ0n) is 13.5. The van der Waals surface area contributed by atoms with Crippen LogP contribution in [0.25, 0.3) is 5.65 Å². The molecule has 3 aliphatic rings. The van der Waals surface area contributed by atoms with E-state index >= 15 is 0 Å². The van der Waals surface area contributed by atoms with Crippen LogP contribution in [0.15, 0.2) is 6.20 Å². The fraction of sp³-hybridized carbons (Fsp3) is 0.647. The molecule has 0 saturated heterocycles. The van der Waals surface area contributed by atoms with Crippen molar-refractivity contribution < 1.29 is 5.11 Å². The second kappa shape index (κ2) is 5.07. The first kappa shape index (κ1) is 14.9. The van der Waals surface area contributed by atoms with Gasteiger partial charge >= 0.3 is 0 Å². The molecule has 2 saturated carbocycles. The van der Waals surface area contributed by atoms with Crippen molar-refractivity contribution in [2.75, 3.05) is 5.32 Å². The van der Waals surface area contributed by atoms with Crippen LogP contribution in [0.2, 0.25) is 5.02 Å². The normalized spacial score (nSPS) is 30.7. The molecule has 0 aromatic carbocycles. The van der Waals surface area contributed by atoms with Gasteiger partial charge in [-0.25, -0.2) is 4.98 Å². The summed E-state index contributed by atoms with van der Waals surface area (Å²) < 4.78 is 1.80. The van der Waals surface area contributed by atoms with Gasteiger partial charge in [-0.05, 0) is 25.7 Å². The lowest BCUT2D eigenvalue weighted by molar-refractivity contribution is 0.0968. The number of anilines is 1. The summed E-state index contributed by atoms with van der Waals surface area (Å²) in [6, 6.07) is 0.635. The minimum atomic E-state index is -0.363. The number of rotatable bonds is 2. The van der Waals surface area contributed by atoms with Gasteiger partial charge in [0, 0.05) is 29.5 Å². The fourth-order valence-electron chi connectivity index (χ4n) is 4.85. The summed E-state index contributed by atoms with van der Waals surface area (Å²) in [6.07, 6.45) is 8.15. The van der Waals surface area contributed by atoms with E-state index in [2.05, 4.69) is 10.4 Å². The summed E-state index contributed by atoms with van der Waals surface area (Å²) in [6.45, 7) is 0. The number of hydrogen-bond donors (Lipinski definition) is 3. The SMILES string of the molecule is NC1CC(Nc2c3c(nc4c(Cl)cnn24)C2(CCCC2)C(O)C3)C1. The monoisotopic (exact) mass is 347 g/mol. The number of hydrogen-bond acceptors (Lipinski definition) is 5. The van der Waals surface area contributed by atoms with Crippen LogP contribution in [0.4, 0.5) is 5.82 Å². The van der Waals surface area contributed by atoms with Gasteiger partial charge in [0.1, 0.15) is 10.8 Å². The van der Waals surface area contributed by atoms with Crippen molar-refractivity contribution in [3.05, 3.63) is 22.5 Å². The third kappa shape index (κ3) is 1.90. The van der Waals surface area contributed by atoms with Gasteiger partial charge < -0.3 is 16.2 Å². The molecule has 7 heteroatoms. The van der Waals surface area contributed by atoms with E-state index in [4.69, 9.17) is 22.3 Å². The Bertz CT molecular complexity index is 807. The number of aliphatic hydroxyl groups excluding tert-OH is 1. The first-order valence-corrected chi connectivity index (χ1v) is 9.23. The Hall–Kier alpha value is -1.37. The molecule has 3 aliphatic carbocycles. The van der Waals surface area contributed by atoms with Crippen LogP contribution >= 0.6 is 11.6 Å². The standard InChI is InChI=1S/C17H22ClN5O/c18-12-8-20-23-15(21-10-5-9(19)6-10)11-7-13(24)17(3-1-2-4-17)14(11)22-16(12)23/h8-10,13,21,24H,1-7,19H2. The van der Waals surface area contributed by atoms with Gasteiger partial charge in [0.25, 0.3) is 0 Å². The molecule has 0 aliphatic heterocycles. The van der Waals surface area contributed by atoms with Crippen LogP contribution in [0.5, 0.6) is 0 Å². The number of fused-ring (bicyclic) bond motifs is 3. The molecule has 1 unspecified atom stereocenters. The quantitative estimate of drug-likeness (QED) is 0.773. The maximum atomic E-state index is 10.8. The van der Waals surface area contributed by atoms with Crippen molar-refractivity contribution in [2.45, 2.75) is 68.5 Å². The Labute approximate surface area is 145 Å². The van der Waals surface area contributed by atoms with Crippen LogP contribution in [0, 0.1) is 0 Å². The summed E-state index contributed by atoms with van der Waals surface area (Å²) in [7, 11) is 0. The first-order chi connectivity index (χ1) is 11.6. The van der Waals surface area contributed by atoms with Gasteiger partial charge in [-0.3, -0.25) is 0 Å². The van der Waals surface area contributed by atoms with Crippen LogP contribution < -0.4 is 11.1 Å². The highest BCUT2D eigenvalue weighted by molar-refractivity contribution is 6.33. The smallest absolute Gasteiger partial charge is 0.176 e. The van der Waals surface area contributed by atoms with E-state index in [1.165, 1.54) is 0 Å². The molecule has 0 radical (unpaired) electrons. The van der Waals surface area contributed by atoms with Gasteiger partial charge in [0.05, 0.1) is 18.0 Å². The summed E-state index contributed by atoms with van der Waals surface area (Å²) >= 11 is 6.33. The van der Waals surface area contributed by atoms with E-state index in [0.29, 0.717) is 23.1 Å². The summed E-state index contributed by atoms with van der Waals surface area (Å²) in [5.74, 6) is 0.946. The van der Waals surface area contributed by atoms with Crippen LogP contribution in [0.1, 0.15) is 49.8 Å². The second-order valence-electron chi connectivity index (χ2n) is 7.67. The topological polar surface area (TPSA) is 88.5 Å². The van der Waals surface area contributed by atoms with Gasteiger partial charge in [-0.15, -0.1) is 0 Å². The van der Waals surface area contributed by atoms with Crippen molar-refractivity contribution in [3.63, 3.8) is 0 Å². The summed E-state index contributed by atoms with van der Waals surface area (Å²) in [4.78, 5) is 4.87. The van der Waals surface area contributed by atoms with E-state index in [9.17, 15) is 5.11 Å². The summed E-state index contributed by atoms with van der Waals surface area (Å²) in [5.41, 5.74) is 8.56. The molecule has 2 heterocycles. The van der Waals surface area contributed by atoms with Gasteiger partial charge in [-0.1, -0.05) is 24.4 Å². The number of aliphatic hydroxyl groups is 1. The number of aromatic nitrogens is 3. The molecule has 2 aromatic rings. The van der Waals surface area contributed by atoms with Crippen molar-refractivity contribution in [1.82, 2.24) is 14.6 Å². The lowest BCUT2D eigenvalue weighted by atomic mass is 9.81. The third-order valence-corrected chi connectivity index (χ3v) is 6.49. The molecule has 24 heavy (non-hydrogen) atoms. The average molecular weight is 348 g/mol. The largest absolute Gasteiger partial charge is 0.392 e. The first-order valence-electron chi connectivity index (χ1n) is 8.85. The number of nitrogens with one attached hydrogen (secondary N) is 1. The van der Waals surface area contributed by atoms with Crippen LogP contribution in [0.3, 0.4) is 0 Å². The minimum absolute atomic E-state index is 0.197. The predicted octanol–water partition coefficient (Wildman–Crippen LogP) is 2.01. The molecule has 2 fully saturated rings. The van der Waals surface area contributed by atoms with E-state index in [1.807, 2.05) is 0 Å². The van der Waals surface area contributed by atoms with Crippen molar-refractivity contribution in [3.8, 4) is 0 Å². The Morgan fingerprint density at radius 1 is 1.33 bits per heavy atom. The highest BCUT2D eigenvalue weighted by atomic mass is 35.5. The second-order valence-corrected chi connectivity index (χ2v) is 8.08. The molecular weight excluding hydrogens is 326 g/mol. The van der Waals surface area contributed by atoms with Gasteiger partial charge in [0.15, 0.2) is 5.65 Å². The Balaban J connectivity index is 1.68. The highest BCUT2D eigenvalue weighted by Gasteiger charge is 2.50. The molecule has 2 aromatic heterocycles. The molecule has 0 amide bonds. The molecule has 1 atom stereocenters. The number of nitrogens with two attached hydrogens (primary N) is 1. The highest BCUT2D eigenvalue weighted by Crippen LogP contribution is 2.51. The molecule has 1 spiro atoms. The third-order valence-electron chi connectivity index (χ3n) is 6.22. The lowest BCUT2D eigenvalue weighted by Crippen LogP contribution is -2.45. The van der Waals surface area contributed by atoms with Gasteiger partial charge in [0.2, 0.25) is 0 Å². The predicted molar refractivity (Wildman–Crippen MR) is 92.5 cm³/mol. The van der Waals surface area contributed by atoms with Crippen molar-refractivity contribution in [1.29, 1.82) is 0 Å². The van der Waals surface area contributed by atoms with E-state index < -0.39 is 0 Å². The van der Waals surface area contributed by atoms with Crippen molar-refractivity contribution in [2.24, 2.45) is 5.73 Å². The molecule has 128 valence electrons. The molecule has 0 bridgehead atoms. The fourth-order valence-corrected chi connectivity index (χ4v) is 5.01. The maximum absolute atomic E-state index is 10.8. The Morgan fingerprint density at radius 3 is 2.79 bits per heavy atom. The molecule has 5 rings (SSSR count). The Morgan fingerprint density at radius 2 is 2.08 bits per heavy atom. The summed E-state index contributed by atoms with van der Waals surface area (Å²) in [5, 5.41) is 19.4. The Kier molecular flexibility index (Phi) is 3.15. The molecule has 6 nitrogen and oxygen atoms in total. The lowest BCUT2D eigenvalue weighted by Gasteiger charge is -2.34. The molecular formula is C17H22ClN5O. The van der Waals surface area contributed by atoms with E-state index in [-0.39, 0.29) is 17.6 Å². The minimum Gasteiger partial charge on any atom is -0.392 e. The maximum Gasteiger partial charge on any atom is 0.176 e. The van der Waals surface area contributed by atoms with Gasteiger partial charge in [-0.2, -0.15) is 9.61 Å². The van der Waals surface area contributed by atoms with E-state index in [0.717, 1.165) is 55.6 Å². The van der Waals surface area contributed by atoms with Crippen molar-refractivity contribution >= 4 is 23.1 Å². The van der Waals surface area contributed by atoms with Crippen LogP contribution in [-0.2, 0) is 11.8 Å².